The van der Waals surface area contributed by atoms with Gasteiger partial charge in [0.2, 0.25) is 5.91 Å². The van der Waals surface area contributed by atoms with Crippen molar-refractivity contribution in [3.63, 3.8) is 0 Å². The molecular weight excluding hydrogens is 406 g/mol. The largest absolute Gasteiger partial charge is 0.508 e. The standard InChI is InChI=1S/C30H41NO2/c1-22(12-17-28-25(4)24(3)18-19-30(28,5)6)9-7-10-23(2)21-29(33)31-20-8-11-26-13-15-27(32)16-14-26/h7,9-10,12-17,21,24,32H,8,11,18-20H2,1-6H3,(H,31,33)/b10-7+,17-12+,22-9+,23-21-. The molecule has 0 heterocycles. The van der Waals surface area contributed by atoms with E-state index < -0.39 is 0 Å². The number of aromatic hydroxyl groups is 1. The minimum Gasteiger partial charge on any atom is -0.508 e. The van der Waals surface area contributed by atoms with E-state index in [1.54, 1.807) is 18.2 Å². The Kier molecular flexibility index (Phi) is 9.96. The summed E-state index contributed by atoms with van der Waals surface area (Å²) >= 11 is 0. The number of phenols is 1. The van der Waals surface area contributed by atoms with Crippen LogP contribution in [0.15, 0.2) is 83.0 Å². The van der Waals surface area contributed by atoms with Gasteiger partial charge in [-0.25, -0.2) is 0 Å². The molecule has 1 aromatic carbocycles. The van der Waals surface area contributed by atoms with E-state index in [0.29, 0.717) is 12.5 Å². The molecule has 1 aliphatic rings. The van der Waals surface area contributed by atoms with Gasteiger partial charge in [0, 0.05) is 12.6 Å². The molecule has 0 aromatic heterocycles. The van der Waals surface area contributed by atoms with Gasteiger partial charge in [-0.1, -0.05) is 74.4 Å². The molecule has 1 aliphatic carbocycles. The third kappa shape index (κ3) is 8.92. The second kappa shape index (κ2) is 12.4. The van der Waals surface area contributed by atoms with Crippen LogP contribution in [0.1, 0.15) is 66.4 Å². The first-order chi connectivity index (χ1) is 15.6. The summed E-state index contributed by atoms with van der Waals surface area (Å²) in [6.07, 6.45) is 16.4. The molecular formula is C30H41NO2. The van der Waals surface area contributed by atoms with Gasteiger partial charge in [-0.05, 0) is 86.6 Å². The first-order valence-corrected chi connectivity index (χ1v) is 12.1. The highest BCUT2D eigenvalue weighted by Gasteiger charge is 2.29. The number of allylic oxidation sites excluding steroid dienone is 9. The number of phenolic OH excluding ortho intramolecular Hbond substituents is 1. The van der Waals surface area contributed by atoms with Crippen molar-refractivity contribution in [3.05, 3.63) is 88.6 Å². The fourth-order valence-electron chi connectivity index (χ4n) is 4.18. The fraction of sp³-hybridized carbons (Fsp3) is 0.433. The van der Waals surface area contributed by atoms with E-state index in [2.05, 4.69) is 58.2 Å². The summed E-state index contributed by atoms with van der Waals surface area (Å²) in [5.74, 6) is 0.866. The second-order valence-electron chi connectivity index (χ2n) is 9.97. The summed E-state index contributed by atoms with van der Waals surface area (Å²) in [4.78, 5) is 12.1. The van der Waals surface area contributed by atoms with Gasteiger partial charge in [-0.2, -0.15) is 0 Å². The van der Waals surface area contributed by atoms with Crippen molar-refractivity contribution < 1.29 is 9.90 Å². The Hall–Kier alpha value is -2.81. The predicted octanol–water partition coefficient (Wildman–Crippen LogP) is 7.22. The molecule has 1 unspecified atom stereocenters. The van der Waals surface area contributed by atoms with Crippen LogP contribution in [0.3, 0.4) is 0 Å². The van der Waals surface area contributed by atoms with Gasteiger partial charge in [0.15, 0.2) is 0 Å². The van der Waals surface area contributed by atoms with Gasteiger partial charge in [-0.15, -0.1) is 0 Å². The second-order valence-corrected chi connectivity index (χ2v) is 9.97. The summed E-state index contributed by atoms with van der Waals surface area (Å²) < 4.78 is 0. The summed E-state index contributed by atoms with van der Waals surface area (Å²) in [7, 11) is 0. The molecule has 0 radical (unpaired) electrons. The molecule has 33 heavy (non-hydrogen) atoms. The zero-order chi connectivity index (χ0) is 24.4. The Morgan fingerprint density at radius 1 is 1.15 bits per heavy atom. The highest BCUT2D eigenvalue weighted by molar-refractivity contribution is 5.88. The summed E-state index contributed by atoms with van der Waals surface area (Å²) in [5, 5.41) is 12.3. The molecule has 2 rings (SSSR count). The van der Waals surface area contributed by atoms with E-state index >= 15 is 0 Å². The normalized spacial score (nSPS) is 19.5. The van der Waals surface area contributed by atoms with Crippen molar-refractivity contribution in [2.24, 2.45) is 11.3 Å². The molecule has 0 aliphatic heterocycles. The molecule has 0 saturated carbocycles. The molecule has 1 atom stereocenters. The van der Waals surface area contributed by atoms with Crippen LogP contribution in [0.5, 0.6) is 5.75 Å². The van der Waals surface area contributed by atoms with Gasteiger partial charge < -0.3 is 10.4 Å². The molecule has 3 nitrogen and oxygen atoms in total. The van der Waals surface area contributed by atoms with E-state index in [4.69, 9.17) is 0 Å². The van der Waals surface area contributed by atoms with Crippen LogP contribution >= 0.6 is 0 Å². The van der Waals surface area contributed by atoms with Gasteiger partial charge in [-0.3, -0.25) is 4.79 Å². The van der Waals surface area contributed by atoms with Gasteiger partial charge >= 0.3 is 0 Å². The lowest BCUT2D eigenvalue weighted by Gasteiger charge is -2.36. The highest BCUT2D eigenvalue weighted by Crippen LogP contribution is 2.43. The molecule has 0 spiro atoms. The van der Waals surface area contributed by atoms with Crippen LogP contribution in [0.25, 0.3) is 0 Å². The van der Waals surface area contributed by atoms with Crippen molar-refractivity contribution >= 4 is 5.91 Å². The number of rotatable bonds is 9. The third-order valence-electron chi connectivity index (χ3n) is 6.56. The van der Waals surface area contributed by atoms with Gasteiger partial charge in [0.1, 0.15) is 5.75 Å². The van der Waals surface area contributed by atoms with E-state index in [-0.39, 0.29) is 17.1 Å². The zero-order valence-electron chi connectivity index (χ0n) is 21.2. The zero-order valence-corrected chi connectivity index (χ0v) is 21.2. The molecule has 2 N–H and O–H groups in total. The fourth-order valence-corrected chi connectivity index (χ4v) is 4.18. The predicted molar refractivity (Wildman–Crippen MR) is 140 cm³/mol. The Labute approximate surface area is 200 Å². The molecule has 1 amide bonds. The number of nitrogens with one attached hydrogen (secondary N) is 1. The maximum Gasteiger partial charge on any atom is 0.244 e. The molecule has 1 aromatic rings. The topological polar surface area (TPSA) is 49.3 Å². The number of carbonyl (C=O) groups is 1. The maximum absolute atomic E-state index is 12.1. The minimum atomic E-state index is -0.0699. The van der Waals surface area contributed by atoms with E-state index in [1.807, 2.05) is 31.2 Å². The van der Waals surface area contributed by atoms with Crippen molar-refractivity contribution in [1.82, 2.24) is 5.32 Å². The SMILES string of the molecule is CC1=C(/C=C/C(C)=C/C=C/C(C)=C\C(=O)NCCCc2ccc(O)cc2)C(C)(C)CCC1C. The monoisotopic (exact) mass is 447 g/mol. The average molecular weight is 448 g/mol. The van der Waals surface area contributed by atoms with Crippen LogP contribution in [0.2, 0.25) is 0 Å². The maximum atomic E-state index is 12.1. The first-order valence-electron chi connectivity index (χ1n) is 12.1. The van der Waals surface area contributed by atoms with Crippen LogP contribution in [0.4, 0.5) is 0 Å². The molecule has 3 heteroatoms. The van der Waals surface area contributed by atoms with Crippen molar-refractivity contribution in [1.29, 1.82) is 0 Å². The first kappa shape index (κ1) is 26.4. The van der Waals surface area contributed by atoms with Crippen molar-refractivity contribution in [3.8, 4) is 5.75 Å². The molecule has 0 fully saturated rings. The quantitative estimate of drug-likeness (QED) is 0.238. The minimum absolute atomic E-state index is 0.0699. The molecule has 178 valence electrons. The molecule has 0 saturated heterocycles. The van der Waals surface area contributed by atoms with Crippen LogP contribution < -0.4 is 5.32 Å². The van der Waals surface area contributed by atoms with Crippen LogP contribution in [-0.2, 0) is 11.2 Å². The van der Waals surface area contributed by atoms with Gasteiger partial charge in [0.25, 0.3) is 0 Å². The smallest absolute Gasteiger partial charge is 0.244 e. The van der Waals surface area contributed by atoms with E-state index in [0.717, 1.165) is 24.0 Å². The van der Waals surface area contributed by atoms with E-state index in [1.165, 1.54) is 29.6 Å². The number of benzene rings is 1. The number of amides is 1. The lowest BCUT2D eigenvalue weighted by molar-refractivity contribution is -0.116. The van der Waals surface area contributed by atoms with Crippen molar-refractivity contribution in [2.45, 2.75) is 67.2 Å². The average Bonchev–Trinajstić information content (AvgIpc) is 2.75. The van der Waals surface area contributed by atoms with Crippen molar-refractivity contribution in [2.75, 3.05) is 6.54 Å². The van der Waals surface area contributed by atoms with Crippen LogP contribution in [0, 0.1) is 11.3 Å². The Morgan fingerprint density at radius 2 is 1.85 bits per heavy atom. The number of hydrogen-bond donors (Lipinski definition) is 2. The number of carbonyl (C=O) groups excluding carboxylic acids is 1. The number of aryl methyl sites for hydroxylation is 1. The van der Waals surface area contributed by atoms with Crippen LogP contribution in [-0.4, -0.2) is 17.6 Å². The Balaban J connectivity index is 1.82. The summed E-state index contributed by atoms with van der Waals surface area (Å²) in [6.45, 7) is 13.9. The van der Waals surface area contributed by atoms with Gasteiger partial charge in [0.05, 0.1) is 0 Å². The number of hydrogen-bond acceptors (Lipinski definition) is 2. The summed E-state index contributed by atoms with van der Waals surface area (Å²) in [5.41, 5.74) is 6.47. The Bertz CT molecular complexity index is 956. The molecule has 0 bridgehead atoms. The Morgan fingerprint density at radius 3 is 2.55 bits per heavy atom. The summed E-state index contributed by atoms with van der Waals surface area (Å²) in [6, 6.07) is 7.19. The third-order valence-corrected chi connectivity index (χ3v) is 6.56. The lowest BCUT2D eigenvalue weighted by Crippen LogP contribution is -2.23. The lowest BCUT2D eigenvalue weighted by atomic mass is 9.69. The van der Waals surface area contributed by atoms with E-state index in [9.17, 15) is 9.90 Å². The highest BCUT2D eigenvalue weighted by atomic mass is 16.3.